The molecular formula is C13H20N2O3. The highest BCUT2D eigenvalue weighted by molar-refractivity contribution is 5.92. The molecule has 0 spiro atoms. The number of nitrogens with one attached hydrogen (secondary N) is 1. The van der Waals surface area contributed by atoms with Crippen LogP contribution in [0.4, 0.5) is 0 Å². The fraction of sp³-hybridized carbons (Fsp3) is 0.615. The zero-order chi connectivity index (χ0) is 13.0. The predicted octanol–water partition coefficient (Wildman–Crippen LogP) is 1.04. The molecule has 1 aliphatic rings. The Bertz CT molecular complexity index is 397. The quantitative estimate of drug-likeness (QED) is 0.870. The first-order valence-corrected chi connectivity index (χ1v) is 6.32. The van der Waals surface area contributed by atoms with E-state index in [4.69, 9.17) is 9.15 Å². The molecule has 100 valence electrons. The second-order valence-corrected chi connectivity index (χ2v) is 4.64. The lowest BCUT2D eigenvalue weighted by atomic mass is 10.2. The summed E-state index contributed by atoms with van der Waals surface area (Å²) in [7, 11) is 0. The highest BCUT2D eigenvalue weighted by atomic mass is 16.5. The molecule has 5 heteroatoms. The lowest BCUT2D eigenvalue weighted by Crippen LogP contribution is -2.47. The summed E-state index contributed by atoms with van der Waals surface area (Å²) in [6.07, 6.45) is 1.54. The number of furan rings is 1. The van der Waals surface area contributed by atoms with Crippen LogP contribution in [0, 0.1) is 6.92 Å². The van der Waals surface area contributed by atoms with Gasteiger partial charge in [0.05, 0.1) is 19.5 Å². The van der Waals surface area contributed by atoms with Crippen LogP contribution in [0.25, 0.3) is 0 Å². The fourth-order valence-electron chi connectivity index (χ4n) is 2.07. The highest BCUT2D eigenvalue weighted by Gasteiger charge is 2.19. The van der Waals surface area contributed by atoms with Gasteiger partial charge in [-0.05, 0) is 19.9 Å². The number of ether oxygens (including phenoxy) is 1. The van der Waals surface area contributed by atoms with E-state index >= 15 is 0 Å². The molecule has 0 aliphatic carbocycles. The number of morpholine rings is 1. The van der Waals surface area contributed by atoms with Gasteiger partial charge >= 0.3 is 0 Å². The van der Waals surface area contributed by atoms with Crippen LogP contribution in [0.3, 0.4) is 0 Å². The van der Waals surface area contributed by atoms with Gasteiger partial charge in [0.1, 0.15) is 0 Å². The highest BCUT2D eigenvalue weighted by Crippen LogP contribution is 2.08. The molecule has 5 nitrogen and oxygen atoms in total. The third-order valence-electron chi connectivity index (χ3n) is 3.30. The van der Waals surface area contributed by atoms with E-state index in [1.54, 1.807) is 6.07 Å². The summed E-state index contributed by atoms with van der Waals surface area (Å²) in [5, 5.41) is 2.91. The Labute approximate surface area is 107 Å². The molecule has 1 aromatic rings. The Kier molecular flexibility index (Phi) is 4.38. The first-order valence-electron chi connectivity index (χ1n) is 6.32. The van der Waals surface area contributed by atoms with Crippen LogP contribution in [0.5, 0.6) is 0 Å². The molecule has 1 fully saturated rings. The molecular weight excluding hydrogens is 232 g/mol. The number of hydrogen-bond donors (Lipinski definition) is 1. The van der Waals surface area contributed by atoms with Crippen molar-refractivity contribution in [3.8, 4) is 0 Å². The van der Waals surface area contributed by atoms with E-state index in [9.17, 15) is 4.79 Å². The lowest BCUT2D eigenvalue weighted by molar-refractivity contribution is 0.0203. The maximum atomic E-state index is 11.9. The van der Waals surface area contributed by atoms with Crippen LogP contribution in [0.15, 0.2) is 16.7 Å². The zero-order valence-corrected chi connectivity index (χ0v) is 10.9. The molecule has 1 aliphatic heterocycles. The molecule has 0 aromatic carbocycles. The van der Waals surface area contributed by atoms with E-state index in [0.717, 1.165) is 31.9 Å². The van der Waals surface area contributed by atoms with Gasteiger partial charge in [-0.15, -0.1) is 0 Å². The standard InChI is InChI=1S/C13H20N2O3/c1-10-3-6-18-12(10)13(16)14-9-11(2)15-4-7-17-8-5-15/h3,6,11H,4-5,7-9H2,1-2H3,(H,14,16)/t11-/m1/s1. The van der Waals surface area contributed by atoms with Gasteiger partial charge in [0.2, 0.25) is 0 Å². The van der Waals surface area contributed by atoms with Gasteiger partial charge in [0.25, 0.3) is 5.91 Å². The van der Waals surface area contributed by atoms with Gasteiger partial charge in [0, 0.05) is 31.2 Å². The molecule has 2 heterocycles. The van der Waals surface area contributed by atoms with Gasteiger partial charge in [0.15, 0.2) is 5.76 Å². The second-order valence-electron chi connectivity index (χ2n) is 4.64. The Morgan fingerprint density at radius 1 is 1.50 bits per heavy atom. The van der Waals surface area contributed by atoms with Crippen molar-refractivity contribution in [3.05, 3.63) is 23.7 Å². The second kappa shape index (κ2) is 6.02. The number of carbonyl (C=O) groups excluding carboxylic acids is 1. The van der Waals surface area contributed by atoms with Crippen molar-refractivity contribution in [1.29, 1.82) is 0 Å². The van der Waals surface area contributed by atoms with E-state index in [-0.39, 0.29) is 5.91 Å². The topological polar surface area (TPSA) is 54.7 Å². The average Bonchev–Trinajstić information content (AvgIpc) is 2.83. The van der Waals surface area contributed by atoms with Gasteiger partial charge in [-0.25, -0.2) is 0 Å². The molecule has 0 saturated carbocycles. The Balaban J connectivity index is 1.80. The van der Waals surface area contributed by atoms with Crippen molar-refractivity contribution in [2.45, 2.75) is 19.9 Å². The molecule has 1 aromatic heterocycles. The third kappa shape index (κ3) is 3.11. The lowest BCUT2D eigenvalue weighted by Gasteiger charge is -2.32. The Hall–Kier alpha value is -1.33. The molecule has 18 heavy (non-hydrogen) atoms. The molecule has 1 N–H and O–H groups in total. The minimum absolute atomic E-state index is 0.141. The molecule has 1 amide bonds. The van der Waals surface area contributed by atoms with Crippen LogP contribution in [0.1, 0.15) is 23.0 Å². The predicted molar refractivity (Wildman–Crippen MR) is 67.6 cm³/mol. The maximum Gasteiger partial charge on any atom is 0.287 e. The Morgan fingerprint density at radius 3 is 2.83 bits per heavy atom. The number of aryl methyl sites for hydroxylation is 1. The smallest absolute Gasteiger partial charge is 0.287 e. The van der Waals surface area contributed by atoms with Crippen molar-refractivity contribution >= 4 is 5.91 Å². The minimum Gasteiger partial charge on any atom is -0.459 e. The first kappa shape index (κ1) is 13.1. The van der Waals surface area contributed by atoms with Gasteiger partial charge < -0.3 is 14.5 Å². The van der Waals surface area contributed by atoms with Crippen LogP contribution in [0.2, 0.25) is 0 Å². The van der Waals surface area contributed by atoms with Crippen LogP contribution >= 0.6 is 0 Å². The maximum absolute atomic E-state index is 11.9. The van der Waals surface area contributed by atoms with Crippen LogP contribution in [-0.2, 0) is 4.74 Å². The van der Waals surface area contributed by atoms with Crippen LogP contribution in [-0.4, -0.2) is 49.7 Å². The molecule has 0 bridgehead atoms. The summed E-state index contributed by atoms with van der Waals surface area (Å²) in [6.45, 7) is 8.00. The van der Waals surface area contributed by atoms with Crippen molar-refractivity contribution < 1.29 is 13.9 Å². The van der Waals surface area contributed by atoms with Crippen molar-refractivity contribution in [2.24, 2.45) is 0 Å². The number of rotatable bonds is 4. The summed E-state index contributed by atoms with van der Waals surface area (Å²) in [5.74, 6) is 0.266. The van der Waals surface area contributed by atoms with E-state index < -0.39 is 0 Å². The normalized spacial score (nSPS) is 18.6. The Morgan fingerprint density at radius 2 is 2.22 bits per heavy atom. The monoisotopic (exact) mass is 252 g/mol. The number of hydrogen-bond acceptors (Lipinski definition) is 4. The third-order valence-corrected chi connectivity index (χ3v) is 3.30. The first-order chi connectivity index (χ1) is 8.68. The fourth-order valence-corrected chi connectivity index (χ4v) is 2.07. The summed E-state index contributed by atoms with van der Waals surface area (Å²) in [4.78, 5) is 14.2. The van der Waals surface area contributed by atoms with Crippen molar-refractivity contribution in [3.63, 3.8) is 0 Å². The minimum atomic E-state index is -0.141. The summed E-state index contributed by atoms with van der Waals surface area (Å²) >= 11 is 0. The molecule has 0 radical (unpaired) electrons. The largest absolute Gasteiger partial charge is 0.459 e. The van der Waals surface area contributed by atoms with E-state index in [2.05, 4.69) is 17.1 Å². The van der Waals surface area contributed by atoms with Crippen molar-refractivity contribution in [2.75, 3.05) is 32.8 Å². The van der Waals surface area contributed by atoms with E-state index in [1.165, 1.54) is 6.26 Å². The molecule has 2 rings (SSSR count). The van der Waals surface area contributed by atoms with Gasteiger partial charge in [-0.1, -0.05) is 0 Å². The summed E-state index contributed by atoms with van der Waals surface area (Å²) in [6, 6.07) is 2.11. The number of carbonyl (C=O) groups is 1. The van der Waals surface area contributed by atoms with Gasteiger partial charge in [-0.3, -0.25) is 9.69 Å². The summed E-state index contributed by atoms with van der Waals surface area (Å²) < 4.78 is 10.5. The number of nitrogens with zero attached hydrogens (tertiary/aromatic N) is 1. The summed E-state index contributed by atoms with van der Waals surface area (Å²) in [5.41, 5.74) is 0.867. The SMILES string of the molecule is Cc1ccoc1C(=O)NC[C@@H](C)N1CCOCC1. The van der Waals surface area contributed by atoms with Crippen LogP contribution < -0.4 is 5.32 Å². The zero-order valence-electron chi connectivity index (χ0n) is 10.9. The number of amides is 1. The van der Waals surface area contributed by atoms with E-state index in [1.807, 2.05) is 6.92 Å². The molecule has 1 atom stereocenters. The van der Waals surface area contributed by atoms with E-state index in [0.29, 0.717) is 18.3 Å². The average molecular weight is 252 g/mol. The van der Waals surface area contributed by atoms with Crippen molar-refractivity contribution in [1.82, 2.24) is 10.2 Å². The molecule has 1 saturated heterocycles. The van der Waals surface area contributed by atoms with Gasteiger partial charge in [-0.2, -0.15) is 0 Å². The molecule has 0 unspecified atom stereocenters.